The fourth-order valence-electron chi connectivity index (χ4n) is 3.02. The van der Waals surface area contributed by atoms with E-state index in [9.17, 15) is 9.90 Å². The van der Waals surface area contributed by atoms with E-state index in [1.165, 1.54) is 4.90 Å². The second kappa shape index (κ2) is 6.42. The molecule has 1 aliphatic rings. The van der Waals surface area contributed by atoms with Crippen molar-refractivity contribution in [2.24, 2.45) is 0 Å². The van der Waals surface area contributed by atoms with Crippen molar-refractivity contribution in [3.05, 3.63) is 95.6 Å². The lowest BCUT2D eigenvalue weighted by atomic mass is 10.1. The summed E-state index contributed by atoms with van der Waals surface area (Å²) in [5.74, 6) is 0.445. The Bertz CT molecular complexity index is 908. The maximum atomic E-state index is 12.6. The molecule has 1 unspecified atom stereocenters. The summed E-state index contributed by atoms with van der Waals surface area (Å²) >= 11 is 0. The standard InChI is InChI=1S/C21H17NO3/c23-20-18-11-4-5-12-19(18)21(24)22(20)16-9-6-10-17(13-16)25-14-15-7-2-1-3-8-15/h1-13,20,23H,14H2. The van der Waals surface area contributed by atoms with Gasteiger partial charge in [0.15, 0.2) is 6.23 Å². The first-order valence-electron chi connectivity index (χ1n) is 8.11. The second-order valence-electron chi connectivity index (χ2n) is 5.91. The Morgan fingerprint density at radius 2 is 1.68 bits per heavy atom. The average molecular weight is 331 g/mol. The minimum absolute atomic E-state index is 0.205. The van der Waals surface area contributed by atoms with Gasteiger partial charge in [-0.2, -0.15) is 0 Å². The van der Waals surface area contributed by atoms with Gasteiger partial charge in [-0.15, -0.1) is 0 Å². The Morgan fingerprint density at radius 1 is 0.920 bits per heavy atom. The van der Waals surface area contributed by atoms with E-state index >= 15 is 0 Å². The molecule has 0 bridgehead atoms. The highest BCUT2D eigenvalue weighted by molar-refractivity contribution is 6.10. The molecule has 3 aromatic rings. The highest BCUT2D eigenvalue weighted by atomic mass is 16.5. The summed E-state index contributed by atoms with van der Waals surface area (Å²) in [6.45, 7) is 0.445. The molecule has 1 aliphatic heterocycles. The van der Waals surface area contributed by atoms with E-state index in [-0.39, 0.29) is 5.91 Å². The van der Waals surface area contributed by atoms with Crippen LogP contribution in [0.1, 0.15) is 27.7 Å². The summed E-state index contributed by atoms with van der Waals surface area (Å²) in [4.78, 5) is 14.0. The Hall–Kier alpha value is -3.11. The zero-order valence-electron chi connectivity index (χ0n) is 13.5. The minimum atomic E-state index is -0.979. The lowest BCUT2D eigenvalue weighted by Crippen LogP contribution is -2.27. The van der Waals surface area contributed by atoms with Gasteiger partial charge in [-0.25, -0.2) is 0 Å². The van der Waals surface area contributed by atoms with Crippen molar-refractivity contribution in [1.29, 1.82) is 0 Å². The Labute approximate surface area is 145 Å². The van der Waals surface area contributed by atoms with E-state index in [1.54, 1.807) is 30.3 Å². The average Bonchev–Trinajstić information content (AvgIpc) is 2.92. The number of carbonyl (C=O) groups is 1. The normalized spacial score (nSPS) is 16.0. The second-order valence-corrected chi connectivity index (χ2v) is 5.91. The molecule has 1 amide bonds. The highest BCUT2D eigenvalue weighted by Gasteiger charge is 2.36. The molecular weight excluding hydrogens is 314 g/mol. The molecule has 4 rings (SSSR count). The first-order valence-corrected chi connectivity index (χ1v) is 8.11. The van der Waals surface area contributed by atoms with Crippen LogP contribution in [0.4, 0.5) is 5.69 Å². The molecule has 0 aromatic heterocycles. The number of anilines is 1. The Kier molecular flexibility index (Phi) is 3.96. The molecule has 1 N–H and O–H groups in total. The van der Waals surface area contributed by atoms with E-state index in [1.807, 2.05) is 48.5 Å². The maximum absolute atomic E-state index is 12.6. The van der Waals surface area contributed by atoms with Gasteiger partial charge in [0, 0.05) is 17.2 Å². The number of amides is 1. The number of aliphatic hydroxyl groups is 1. The predicted molar refractivity (Wildman–Crippen MR) is 95.4 cm³/mol. The van der Waals surface area contributed by atoms with Crippen molar-refractivity contribution in [3.63, 3.8) is 0 Å². The number of hydrogen-bond donors (Lipinski definition) is 1. The van der Waals surface area contributed by atoms with Crippen molar-refractivity contribution in [2.75, 3.05) is 4.90 Å². The molecule has 1 heterocycles. The van der Waals surface area contributed by atoms with E-state index in [2.05, 4.69) is 0 Å². The largest absolute Gasteiger partial charge is 0.489 e. The van der Waals surface area contributed by atoms with Crippen LogP contribution in [0.25, 0.3) is 0 Å². The topological polar surface area (TPSA) is 49.8 Å². The zero-order valence-corrected chi connectivity index (χ0v) is 13.5. The highest BCUT2D eigenvalue weighted by Crippen LogP contribution is 2.36. The molecule has 0 fully saturated rings. The van der Waals surface area contributed by atoms with Crippen LogP contribution >= 0.6 is 0 Å². The van der Waals surface area contributed by atoms with Crippen LogP contribution < -0.4 is 9.64 Å². The molecule has 4 heteroatoms. The van der Waals surface area contributed by atoms with Crippen molar-refractivity contribution >= 4 is 11.6 Å². The number of rotatable bonds is 4. The van der Waals surface area contributed by atoms with E-state index in [0.29, 0.717) is 29.2 Å². The molecule has 0 spiro atoms. The van der Waals surface area contributed by atoms with Crippen molar-refractivity contribution in [1.82, 2.24) is 0 Å². The monoisotopic (exact) mass is 331 g/mol. The number of hydrogen-bond acceptors (Lipinski definition) is 3. The van der Waals surface area contributed by atoms with Crippen LogP contribution in [-0.2, 0) is 6.61 Å². The smallest absolute Gasteiger partial charge is 0.261 e. The van der Waals surface area contributed by atoms with Crippen LogP contribution in [-0.4, -0.2) is 11.0 Å². The summed E-state index contributed by atoms with van der Waals surface area (Å²) in [6, 6.07) is 24.2. The Balaban J connectivity index is 1.57. The predicted octanol–water partition coefficient (Wildman–Crippen LogP) is 3.92. The number of benzene rings is 3. The van der Waals surface area contributed by atoms with Crippen LogP contribution in [0.3, 0.4) is 0 Å². The third-order valence-electron chi connectivity index (χ3n) is 4.28. The molecule has 4 nitrogen and oxygen atoms in total. The van der Waals surface area contributed by atoms with Gasteiger partial charge in [0.2, 0.25) is 0 Å². The molecule has 3 aromatic carbocycles. The third kappa shape index (κ3) is 2.88. The number of carbonyl (C=O) groups excluding carboxylic acids is 1. The maximum Gasteiger partial charge on any atom is 0.261 e. The van der Waals surface area contributed by atoms with Gasteiger partial charge in [0.25, 0.3) is 5.91 Å². The first-order chi connectivity index (χ1) is 12.2. The van der Waals surface area contributed by atoms with Gasteiger partial charge < -0.3 is 9.84 Å². The van der Waals surface area contributed by atoms with Crippen LogP contribution in [0.15, 0.2) is 78.9 Å². The van der Waals surface area contributed by atoms with Gasteiger partial charge in [0.05, 0.1) is 5.69 Å². The first kappa shape index (κ1) is 15.4. The fraction of sp³-hybridized carbons (Fsp3) is 0.0952. The number of fused-ring (bicyclic) bond motifs is 1. The van der Waals surface area contributed by atoms with Crippen molar-refractivity contribution in [2.45, 2.75) is 12.8 Å². The van der Waals surface area contributed by atoms with Gasteiger partial charge >= 0.3 is 0 Å². The minimum Gasteiger partial charge on any atom is -0.489 e. The van der Waals surface area contributed by atoms with E-state index in [0.717, 1.165) is 5.56 Å². The fourth-order valence-corrected chi connectivity index (χ4v) is 3.02. The van der Waals surface area contributed by atoms with Crippen LogP contribution in [0.2, 0.25) is 0 Å². The van der Waals surface area contributed by atoms with Gasteiger partial charge in [-0.1, -0.05) is 54.6 Å². The molecular formula is C21H17NO3. The molecule has 0 radical (unpaired) electrons. The van der Waals surface area contributed by atoms with Gasteiger partial charge in [-0.3, -0.25) is 9.69 Å². The molecule has 124 valence electrons. The van der Waals surface area contributed by atoms with Gasteiger partial charge in [-0.05, 0) is 23.8 Å². The van der Waals surface area contributed by atoms with E-state index < -0.39 is 6.23 Å². The molecule has 0 saturated heterocycles. The number of ether oxygens (including phenoxy) is 1. The summed E-state index contributed by atoms with van der Waals surface area (Å²) in [6.07, 6.45) is -0.979. The quantitative estimate of drug-likeness (QED) is 0.788. The molecule has 25 heavy (non-hydrogen) atoms. The van der Waals surface area contributed by atoms with Crippen molar-refractivity contribution < 1.29 is 14.6 Å². The lowest BCUT2D eigenvalue weighted by Gasteiger charge is -2.21. The molecule has 0 saturated carbocycles. The summed E-state index contributed by atoms with van der Waals surface area (Å²) in [5, 5.41) is 10.5. The molecule has 1 atom stereocenters. The van der Waals surface area contributed by atoms with Crippen molar-refractivity contribution in [3.8, 4) is 5.75 Å². The zero-order chi connectivity index (χ0) is 17.2. The number of nitrogens with zero attached hydrogens (tertiary/aromatic N) is 1. The van der Waals surface area contributed by atoms with Crippen LogP contribution in [0, 0.1) is 0 Å². The number of aliphatic hydroxyl groups excluding tert-OH is 1. The summed E-state index contributed by atoms with van der Waals surface area (Å²) < 4.78 is 5.82. The Morgan fingerprint density at radius 3 is 2.48 bits per heavy atom. The SMILES string of the molecule is O=C1c2ccccc2C(O)N1c1cccc(OCc2ccccc2)c1. The summed E-state index contributed by atoms with van der Waals surface area (Å²) in [7, 11) is 0. The van der Waals surface area contributed by atoms with Crippen LogP contribution in [0.5, 0.6) is 5.75 Å². The summed E-state index contributed by atoms with van der Waals surface area (Å²) in [5.41, 5.74) is 2.84. The third-order valence-corrected chi connectivity index (χ3v) is 4.28. The van der Waals surface area contributed by atoms with Gasteiger partial charge in [0.1, 0.15) is 12.4 Å². The molecule has 0 aliphatic carbocycles. The lowest BCUT2D eigenvalue weighted by molar-refractivity contribution is 0.0935. The van der Waals surface area contributed by atoms with E-state index in [4.69, 9.17) is 4.74 Å².